The fraction of sp³-hybridized carbons (Fsp3) is 0.533. The molecule has 1 saturated heterocycles. The van der Waals surface area contributed by atoms with Crippen LogP contribution in [0.15, 0.2) is 29.2 Å². The van der Waals surface area contributed by atoms with Crippen molar-refractivity contribution in [2.45, 2.75) is 25.2 Å². The van der Waals surface area contributed by atoms with Crippen LogP contribution in [0.3, 0.4) is 0 Å². The summed E-state index contributed by atoms with van der Waals surface area (Å²) in [5.41, 5.74) is 1.10. The van der Waals surface area contributed by atoms with Gasteiger partial charge in [0, 0.05) is 26.2 Å². The lowest BCUT2D eigenvalue weighted by Crippen LogP contribution is -2.50. The van der Waals surface area contributed by atoms with Gasteiger partial charge in [-0.25, -0.2) is 13.2 Å². The van der Waals surface area contributed by atoms with Crippen molar-refractivity contribution in [3.8, 4) is 0 Å². The van der Waals surface area contributed by atoms with Crippen molar-refractivity contribution < 1.29 is 17.9 Å². The summed E-state index contributed by atoms with van der Waals surface area (Å²) in [5.74, 6) is 0. The average Bonchev–Trinajstić information content (AvgIpc) is 2.55. The molecule has 1 aromatic rings. The smallest absolute Gasteiger partial charge is 0.409 e. The highest BCUT2D eigenvalue weighted by Crippen LogP contribution is 2.18. The molecule has 0 atom stereocenters. The van der Waals surface area contributed by atoms with E-state index in [1.807, 2.05) is 19.1 Å². The van der Waals surface area contributed by atoms with Gasteiger partial charge in [0.1, 0.15) is 0 Å². The van der Waals surface area contributed by atoms with Gasteiger partial charge >= 0.3 is 6.09 Å². The molecule has 1 aliphatic heterocycles. The maximum absolute atomic E-state index is 12.6. The summed E-state index contributed by atoms with van der Waals surface area (Å²) in [7, 11) is -3.49. The van der Waals surface area contributed by atoms with E-state index < -0.39 is 10.0 Å². The van der Waals surface area contributed by atoms with Crippen LogP contribution in [0.25, 0.3) is 0 Å². The second-order valence-electron chi connectivity index (χ2n) is 5.09. The molecule has 7 heteroatoms. The molecule has 6 nitrogen and oxygen atoms in total. The minimum atomic E-state index is -3.49. The normalized spacial score (nSPS) is 16.5. The third-order valence-electron chi connectivity index (χ3n) is 3.73. The van der Waals surface area contributed by atoms with Crippen LogP contribution in [-0.4, -0.2) is 56.5 Å². The number of carbonyl (C=O) groups excluding carboxylic acids is 1. The maximum Gasteiger partial charge on any atom is 0.409 e. The molecule has 0 spiro atoms. The zero-order valence-electron chi connectivity index (χ0n) is 13.0. The average molecular weight is 326 g/mol. The van der Waals surface area contributed by atoms with Crippen molar-refractivity contribution in [2.24, 2.45) is 0 Å². The van der Waals surface area contributed by atoms with Crippen LogP contribution in [0.4, 0.5) is 4.79 Å². The third-order valence-corrected chi connectivity index (χ3v) is 5.65. The molecule has 1 aromatic carbocycles. The fourth-order valence-corrected chi connectivity index (χ4v) is 3.79. The monoisotopic (exact) mass is 326 g/mol. The van der Waals surface area contributed by atoms with Gasteiger partial charge in [-0.2, -0.15) is 4.31 Å². The topological polar surface area (TPSA) is 66.9 Å². The summed E-state index contributed by atoms with van der Waals surface area (Å²) in [6.07, 6.45) is 0.491. The first-order chi connectivity index (χ1) is 10.5. The molecular weight excluding hydrogens is 304 g/mol. The van der Waals surface area contributed by atoms with Crippen LogP contribution in [0.5, 0.6) is 0 Å². The molecule has 0 aromatic heterocycles. The van der Waals surface area contributed by atoms with Gasteiger partial charge in [0.2, 0.25) is 10.0 Å². The summed E-state index contributed by atoms with van der Waals surface area (Å²) in [6.45, 7) is 5.38. The van der Waals surface area contributed by atoms with Gasteiger partial charge < -0.3 is 9.64 Å². The van der Waals surface area contributed by atoms with Gasteiger partial charge in [-0.1, -0.05) is 19.1 Å². The van der Waals surface area contributed by atoms with Crippen molar-refractivity contribution in [3.05, 3.63) is 29.8 Å². The Kier molecular flexibility index (Phi) is 5.42. The molecule has 1 amide bonds. The lowest BCUT2D eigenvalue weighted by atomic mass is 10.2. The number of ether oxygens (including phenoxy) is 1. The van der Waals surface area contributed by atoms with Crippen LogP contribution in [-0.2, 0) is 21.2 Å². The van der Waals surface area contributed by atoms with E-state index in [-0.39, 0.29) is 19.2 Å². The lowest BCUT2D eigenvalue weighted by molar-refractivity contribution is 0.0934. The SMILES string of the molecule is CCOC(=O)N1CCN(S(=O)(=O)c2ccc(CC)cc2)CC1. The summed E-state index contributed by atoms with van der Waals surface area (Å²) < 4.78 is 31.5. The Balaban J connectivity index is 2.04. The fourth-order valence-electron chi connectivity index (χ4n) is 2.37. The van der Waals surface area contributed by atoms with Crippen LogP contribution < -0.4 is 0 Å². The Bertz CT molecular complexity index is 605. The molecule has 1 heterocycles. The summed E-state index contributed by atoms with van der Waals surface area (Å²) in [4.78, 5) is 13.5. The van der Waals surface area contributed by atoms with Crippen molar-refractivity contribution in [3.63, 3.8) is 0 Å². The van der Waals surface area contributed by atoms with Crippen LogP contribution in [0.2, 0.25) is 0 Å². The first-order valence-electron chi connectivity index (χ1n) is 7.49. The number of piperazine rings is 1. The van der Waals surface area contributed by atoms with Gasteiger partial charge in [0.05, 0.1) is 11.5 Å². The van der Waals surface area contributed by atoms with Crippen molar-refractivity contribution >= 4 is 16.1 Å². The molecule has 1 aliphatic rings. The highest BCUT2D eigenvalue weighted by molar-refractivity contribution is 7.89. The number of amides is 1. The van der Waals surface area contributed by atoms with E-state index >= 15 is 0 Å². The van der Waals surface area contributed by atoms with Crippen molar-refractivity contribution in [1.29, 1.82) is 0 Å². The van der Waals surface area contributed by atoms with E-state index in [1.54, 1.807) is 19.1 Å². The predicted octanol–water partition coefficient (Wildman–Crippen LogP) is 1.71. The molecule has 1 fully saturated rings. The Morgan fingerprint density at radius 1 is 1.09 bits per heavy atom. The Morgan fingerprint density at radius 3 is 2.18 bits per heavy atom. The van der Waals surface area contributed by atoms with Crippen LogP contribution in [0, 0.1) is 0 Å². The van der Waals surface area contributed by atoms with Gasteiger partial charge in [-0.3, -0.25) is 0 Å². The second-order valence-corrected chi connectivity index (χ2v) is 7.03. The third kappa shape index (κ3) is 3.59. The first-order valence-corrected chi connectivity index (χ1v) is 8.93. The Morgan fingerprint density at radius 2 is 1.68 bits per heavy atom. The molecule has 122 valence electrons. The Labute approximate surface area is 131 Å². The van der Waals surface area contributed by atoms with Crippen molar-refractivity contribution in [2.75, 3.05) is 32.8 Å². The zero-order valence-corrected chi connectivity index (χ0v) is 13.8. The minimum Gasteiger partial charge on any atom is -0.450 e. The van der Waals surface area contributed by atoms with E-state index in [4.69, 9.17) is 4.74 Å². The van der Waals surface area contributed by atoms with E-state index in [9.17, 15) is 13.2 Å². The molecule has 0 aliphatic carbocycles. The number of sulfonamides is 1. The summed E-state index contributed by atoms with van der Waals surface area (Å²) in [6, 6.07) is 6.96. The van der Waals surface area contributed by atoms with Gasteiger partial charge in [-0.05, 0) is 31.0 Å². The molecular formula is C15H22N2O4S. The van der Waals surface area contributed by atoms with Crippen LogP contribution >= 0.6 is 0 Å². The zero-order chi connectivity index (χ0) is 16.2. The number of hydrogen-bond acceptors (Lipinski definition) is 4. The largest absolute Gasteiger partial charge is 0.450 e. The number of benzene rings is 1. The van der Waals surface area contributed by atoms with E-state index in [1.165, 1.54) is 9.21 Å². The maximum atomic E-state index is 12.6. The number of carbonyl (C=O) groups is 1. The first kappa shape index (κ1) is 16.8. The number of aryl methyl sites for hydroxylation is 1. The molecule has 0 radical (unpaired) electrons. The molecule has 22 heavy (non-hydrogen) atoms. The second kappa shape index (κ2) is 7.11. The van der Waals surface area contributed by atoms with Gasteiger partial charge in [-0.15, -0.1) is 0 Å². The number of nitrogens with zero attached hydrogens (tertiary/aromatic N) is 2. The van der Waals surface area contributed by atoms with Crippen molar-refractivity contribution in [1.82, 2.24) is 9.21 Å². The quantitative estimate of drug-likeness (QED) is 0.845. The highest BCUT2D eigenvalue weighted by atomic mass is 32.2. The molecule has 2 rings (SSSR count). The minimum absolute atomic E-state index is 0.288. The molecule has 0 unspecified atom stereocenters. The number of rotatable bonds is 4. The van der Waals surface area contributed by atoms with Gasteiger partial charge in [0.25, 0.3) is 0 Å². The van der Waals surface area contributed by atoms with Crippen LogP contribution in [0.1, 0.15) is 19.4 Å². The lowest BCUT2D eigenvalue weighted by Gasteiger charge is -2.33. The Hall–Kier alpha value is -1.60. The highest BCUT2D eigenvalue weighted by Gasteiger charge is 2.30. The number of hydrogen-bond donors (Lipinski definition) is 0. The van der Waals surface area contributed by atoms with E-state index in [0.717, 1.165) is 12.0 Å². The van der Waals surface area contributed by atoms with E-state index in [0.29, 0.717) is 24.6 Å². The summed E-state index contributed by atoms with van der Waals surface area (Å²) in [5, 5.41) is 0. The standard InChI is InChI=1S/C15H22N2O4S/c1-3-13-5-7-14(8-6-13)22(19,20)17-11-9-16(10-12-17)15(18)21-4-2/h5-8H,3-4,9-12H2,1-2H3. The predicted molar refractivity (Wildman–Crippen MR) is 83.2 cm³/mol. The van der Waals surface area contributed by atoms with E-state index in [2.05, 4.69) is 0 Å². The molecule has 0 saturated carbocycles. The molecule has 0 bridgehead atoms. The van der Waals surface area contributed by atoms with Gasteiger partial charge in [0.15, 0.2) is 0 Å². The molecule has 0 N–H and O–H groups in total. The summed E-state index contributed by atoms with van der Waals surface area (Å²) >= 11 is 0.